The lowest BCUT2D eigenvalue weighted by atomic mass is 10.2. The van der Waals surface area contributed by atoms with Crippen LogP contribution < -0.4 is 4.52 Å². The summed E-state index contributed by atoms with van der Waals surface area (Å²) in [4.78, 5) is 0. The molecule has 0 heterocycles. The highest BCUT2D eigenvalue weighted by molar-refractivity contribution is 7.48. The highest BCUT2D eigenvalue weighted by atomic mass is 31.2. The van der Waals surface area contributed by atoms with Crippen LogP contribution in [0.3, 0.4) is 0 Å². The molecule has 0 amide bonds. The van der Waals surface area contributed by atoms with Gasteiger partial charge in [-0.2, -0.15) is 0 Å². The maximum absolute atomic E-state index is 12.6. The summed E-state index contributed by atoms with van der Waals surface area (Å²) < 4.78 is 28.9. The quantitative estimate of drug-likeness (QED) is 0.373. The van der Waals surface area contributed by atoms with E-state index in [2.05, 4.69) is 13.8 Å². The van der Waals surface area contributed by atoms with E-state index in [0.717, 1.165) is 38.5 Å². The van der Waals surface area contributed by atoms with Gasteiger partial charge in [-0.3, -0.25) is 9.05 Å². The fourth-order valence-corrected chi connectivity index (χ4v) is 2.99. The summed E-state index contributed by atoms with van der Waals surface area (Å²) in [5.74, 6) is 0.505. The molecule has 120 valence electrons. The summed E-state index contributed by atoms with van der Waals surface area (Å²) in [6.45, 7) is 4.99. The van der Waals surface area contributed by atoms with Crippen LogP contribution in [-0.4, -0.2) is 13.2 Å². The van der Waals surface area contributed by atoms with Gasteiger partial charge >= 0.3 is 7.82 Å². The Bertz CT molecular complexity index is 408. The van der Waals surface area contributed by atoms with Gasteiger partial charge in [0.2, 0.25) is 0 Å². The predicted molar refractivity (Wildman–Crippen MR) is 85.6 cm³/mol. The molecule has 1 rings (SSSR count). The lowest BCUT2D eigenvalue weighted by Gasteiger charge is -2.18. The van der Waals surface area contributed by atoms with Crippen LogP contribution in [0.1, 0.15) is 52.4 Å². The van der Waals surface area contributed by atoms with Crippen LogP contribution in [0.5, 0.6) is 5.75 Å². The number of phosphoric acid groups is 1. The Balaban J connectivity index is 2.50. The third-order valence-corrected chi connectivity index (χ3v) is 4.39. The molecule has 5 heteroatoms. The van der Waals surface area contributed by atoms with Crippen LogP contribution in [0.25, 0.3) is 0 Å². The van der Waals surface area contributed by atoms with E-state index in [4.69, 9.17) is 13.6 Å². The third kappa shape index (κ3) is 8.25. The number of hydrogen-bond acceptors (Lipinski definition) is 4. The molecule has 0 saturated heterocycles. The molecule has 21 heavy (non-hydrogen) atoms. The molecule has 0 aliphatic heterocycles. The second-order valence-corrected chi connectivity index (χ2v) is 6.53. The zero-order valence-corrected chi connectivity index (χ0v) is 14.0. The van der Waals surface area contributed by atoms with Gasteiger partial charge in [-0.15, -0.1) is 0 Å². The number of rotatable bonds is 12. The van der Waals surface area contributed by atoms with E-state index in [1.54, 1.807) is 12.1 Å². The van der Waals surface area contributed by atoms with Crippen molar-refractivity contribution in [3.63, 3.8) is 0 Å². The molecule has 0 saturated carbocycles. The molecule has 0 fully saturated rings. The summed E-state index contributed by atoms with van der Waals surface area (Å²) >= 11 is 0. The number of unbranched alkanes of at least 4 members (excludes halogenated alkanes) is 4. The average Bonchev–Trinajstić information content (AvgIpc) is 2.48. The van der Waals surface area contributed by atoms with Crippen LogP contribution in [0.4, 0.5) is 0 Å². The Morgan fingerprint density at radius 2 is 1.48 bits per heavy atom. The van der Waals surface area contributed by atoms with Gasteiger partial charge in [-0.1, -0.05) is 57.7 Å². The topological polar surface area (TPSA) is 44.8 Å². The van der Waals surface area contributed by atoms with Crippen molar-refractivity contribution in [2.45, 2.75) is 52.4 Å². The highest BCUT2D eigenvalue weighted by Crippen LogP contribution is 2.49. The summed E-state index contributed by atoms with van der Waals surface area (Å²) in [7, 11) is -3.52. The predicted octanol–water partition coefficient (Wildman–Crippen LogP) is 5.59. The largest absolute Gasteiger partial charge is 0.530 e. The molecule has 0 bridgehead atoms. The minimum Gasteiger partial charge on any atom is -0.404 e. The SMILES string of the molecule is CCCCCCOP(=O)(OCCCC)Oc1ccccc1. The van der Waals surface area contributed by atoms with Gasteiger partial charge in [-0.25, -0.2) is 4.57 Å². The molecule has 1 aromatic rings. The second-order valence-electron chi connectivity index (χ2n) is 4.93. The Labute approximate surface area is 128 Å². The molecule has 0 spiro atoms. The number of hydrogen-bond donors (Lipinski definition) is 0. The first-order valence-corrected chi connectivity index (χ1v) is 9.30. The van der Waals surface area contributed by atoms with E-state index in [0.29, 0.717) is 19.0 Å². The molecule has 1 unspecified atom stereocenters. The van der Waals surface area contributed by atoms with E-state index in [9.17, 15) is 4.57 Å². The molecule has 0 aliphatic rings. The monoisotopic (exact) mass is 314 g/mol. The Morgan fingerprint density at radius 1 is 0.857 bits per heavy atom. The molecular formula is C16H27O4P. The smallest absolute Gasteiger partial charge is 0.404 e. The first-order valence-electron chi connectivity index (χ1n) is 7.84. The average molecular weight is 314 g/mol. The van der Waals surface area contributed by atoms with Crippen molar-refractivity contribution in [1.29, 1.82) is 0 Å². The maximum atomic E-state index is 12.6. The Hall–Kier alpha value is -0.830. The van der Waals surface area contributed by atoms with Crippen LogP contribution in [0, 0.1) is 0 Å². The van der Waals surface area contributed by atoms with Crippen LogP contribution in [0.2, 0.25) is 0 Å². The van der Waals surface area contributed by atoms with E-state index >= 15 is 0 Å². The normalized spacial score (nSPS) is 13.8. The van der Waals surface area contributed by atoms with Gasteiger partial charge in [0.15, 0.2) is 0 Å². The van der Waals surface area contributed by atoms with Gasteiger partial charge in [0.05, 0.1) is 13.2 Å². The molecule has 4 nitrogen and oxygen atoms in total. The van der Waals surface area contributed by atoms with Crippen LogP contribution in [0.15, 0.2) is 30.3 Å². The number of benzene rings is 1. The Kier molecular flexibility index (Phi) is 9.40. The second kappa shape index (κ2) is 10.8. The zero-order chi connectivity index (χ0) is 15.4. The van der Waals surface area contributed by atoms with E-state index < -0.39 is 7.82 Å². The van der Waals surface area contributed by atoms with Crippen LogP contribution in [-0.2, 0) is 13.6 Å². The minimum atomic E-state index is -3.52. The Morgan fingerprint density at radius 3 is 2.10 bits per heavy atom. The molecule has 1 aromatic carbocycles. The lowest BCUT2D eigenvalue weighted by Crippen LogP contribution is -2.05. The fraction of sp³-hybridized carbons (Fsp3) is 0.625. The van der Waals surface area contributed by atoms with Gasteiger partial charge < -0.3 is 4.52 Å². The summed E-state index contributed by atoms with van der Waals surface area (Å²) in [6, 6.07) is 9.02. The first kappa shape index (κ1) is 18.2. The molecule has 0 aromatic heterocycles. The van der Waals surface area contributed by atoms with E-state index in [-0.39, 0.29) is 0 Å². The van der Waals surface area contributed by atoms with Gasteiger partial charge in [-0.05, 0) is 25.0 Å². The highest BCUT2D eigenvalue weighted by Gasteiger charge is 2.28. The van der Waals surface area contributed by atoms with Crippen molar-refractivity contribution < 1.29 is 18.1 Å². The standard InChI is InChI=1S/C16H27O4P/c1-3-5-7-11-15-19-21(17,18-14-6-4-2)20-16-12-9-8-10-13-16/h8-10,12-13H,3-7,11,14-15H2,1-2H3. The van der Waals surface area contributed by atoms with Crippen molar-refractivity contribution in [3.8, 4) is 5.75 Å². The van der Waals surface area contributed by atoms with E-state index in [1.807, 2.05) is 18.2 Å². The minimum absolute atomic E-state index is 0.384. The van der Waals surface area contributed by atoms with E-state index in [1.165, 1.54) is 0 Å². The molecular weight excluding hydrogens is 287 g/mol. The van der Waals surface area contributed by atoms with Gasteiger partial charge in [0.1, 0.15) is 5.75 Å². The molecule has 0 radical (unpaired) electrons. The first-order chi connectivity index (χ1) is 10.2. The van der Waals surface area contributed by atoms with Gasteiger partial charge in [0.25, 0.3) is 0 Å². The third-order valence-electron chi connectivity index (χ3n) is 2.96. The van der Waals surface area contributed by atoms with Gasteiger partial charge in [0, 0.05) is 0 Å². The maximum Gasteiger partial charge on any atom is 0.530 e. The van der Waals surface area contributed by atoms with Crippen LogP contribution >= 0.6 is 7.82 Å². The summed E-state index contributed by atoms with van der Waals surface area (Å²) in [5, 5.41) is 0. The van der Waals surface area contributed by atoms with Crippen molar-refractivity contribution in [1.82, 2.24) is 0 Å². The molecule has 0 N–H and O–H groups in total. The zero-order valence-electron chi connectivity index (χ0n) is 13.1. The van der Waals surface area contributed by atoms with Crippen molar-refractivity contribution in [2.24, 2.45) is 0 Å². The van der Waals surface area contributed by atoms with Crippen molar-refractivity contribution in [3.05, 3.63) is 30.3 Å². The fourth-order valence-electron chi connectivity index (χ4n) is 1.73. The lowest BCUT2D eigenvalue weighted by molar-refractivity contribution is 0.151. The summed E-state index contributed by atoms with van der Waals surface area (Å²) in [6.07, 6.45) is 6.06. The van der Waals surface area contributed by atoms with Crippen molar-refractivity contribution >= 4 is 7.82 Å². The number of phosphoric ester groups is 1. The molecule has 0 aliphatic carbocycles. The molecule has 1 atom stereocenters. The number of para-hydroxylation sites is 1. The summed E-state index contributed by atoms with van der Waals surface area (Å²) in [5.41, 5.74) is 0. The van der Waals surface area contributed by atoms with Crippen molar-refractivity contribution in [2.75, 3.05) is 13.2 Å².